The maximum atomic E-state index is 10.5. The van der Waals surface area contributed by atoms with Crippen molar-refractivity contribution >= 4 is 32.8 Å². The Balaban J connectivity index is 2.76. The van der Waals surface area contributed by atoms with Gasteiger partial charge >= 0.3 is 0 Å². The summed E-state index contributed by atoms with van der Waals surface area (Å²) in [5.41, 5.74) is 5.46. The molecule has 0 bridgehead atoms. The molecule has 2 rings (SSSR count). The fourth-order valence-corrected chi connectivity index (χ4v) is 2.06. The third-order valence-electron chi connectivity index (χ3n) is 1.85. The Bertz CT molecular complexity index is 521. The molecule has 3 N–H and O–H groups in total. The zero-order chi connectivity index (χ0) is 10.3. The van der Waals surface area contributed by atoms with E-state index in [1.807, 2.05) is 0 Å². The van der Waals surface area contributed by atoms with E-state index in [1.165, 1.54) is 18.2 Å². The van der Waals surface area contributed by atoms with Gasteiger partial charge in [-0.1, -0.05) is 11.3 Å². The topological polar surface area (TPSA) is 89.4 Å². The van der Waals surface area contributed by atoms with Crippen LogP contribution < -0.4 is 5.73 Å². The quantitative estimate of drug-likeness (QED) is 0.428. The van der Waals surface area contributed by atoms with Gasteiger partial charge in [0.1, 0.15) is 5.69 Å². The SMILES string of the molecule is Nc1cc2cc(O)sc2cc1[N+](=O)[O-]. The van der Waals surface area contributed by atoms with Crippen LogP contribution in [0.15, 0.2) is 18.2 Å². The molecule has 2 aromatic rings. The van der Waals surface area contributed by atoms with E-state index in [2.05, 4.69) is 0 Å². The molecule has 0 aliphatic heterocycles. The number of anilines is 1. The Morgan fingerprint density at radius 2 is 2.14 bits per heavy atom. The van der Waals surface area contributed by atoms with Crippen molar-refractivity contribution in [1.29, 1.82) is 0 Å². The second-order valence-electron chi connectivity index (χ2n) is 2.79. The summed E-state index contributed by atoms with van der Waals surface area (Å²) in [6.07, 6.45) is 0. The molecule has 0 saturated carbocycles. The molecule has 0 amide bonds. The summed E-state index contributed by atoms with van der Waals surface area (Å²) < 4.78 is 0.656. The Morgan fingerprint density at radius 3 is 2.79 bits per heavy atom. The second-order valence-corrected chi connectivity index (χ2v) is 3.85. The molecule has 5 nitrogen and oxygen atoms in total. The van der Waals surface area contributed by atoms with Crippen LogP contribution in [0.4, 0.5) is 11.4 Å². The summed E-state index contributed by atoms with van der Waals surface area (Å²) in [6, 6.07) is 4.39. The van der Waals surface area contributed by atoms with E-state index in [9.17, 15) is 15.2 Å². The minimum absolute atomic E-state index is 0.111. The Labute approximate surface area is 82.5 Å². The number of thiophene rings is 1. The predicted molar refractivity (Wildman–Crippen MR) is 54.6 cm³/mol. The fraction of sp³-hybridized carbons (Fsp3) is 0. The van der Waals surface area contributed by atoms with Gasteiger partial charge in [0.25, 0.3) is 5.69 Å². The highest BCUT2D eigenvalue weighted by molar-refractivity contribution is 7.20. The number of nitrogens with two attached hydrogens (primary N) is 1. The Kier molecular flexibility index (Phi) is 1.78. The van der Waals surface area contributed by atoms with Gasteiger partial charge in [-0.3, -0.25) is 10.1 Å². The molecule has 0 radical (unpaired) electrons. The molecular formula is C8H6N2O3S. The Morgan fingerprint density at radius 1 is 1.43 bits per heavy atom. The highest BCUT2D eigenvalue weighted by Gasteiger charge is 2.13. The lowest BCUT2D eigenvalue weighted by molar-refractivity contribution is -0.383. The van der Waals surface area contributed by atoms with Crippen molar-refractivity contribution in [3.8, 4) is 5.06 Å². The van der Waals surface area contributed by atoms with Crippen LogP contribution in [-0.4, -0.2) is 10.0 Å². The smallest absolute Gasteiger partial charge is 0.293 e. The lowest BCUT2D eigenvalue weighted by Crippen LogP contribution is -1.94. The number of benzene rings is 1. The van der Waals surface area contributed by atoms with Crippen LogP contribution in [-0.2, 0) is 0 Å². The van der Waals surface area contributed by atoms with Crippen LogP contribution in [0.3, 0.4) is 0 Å². The van der Waals surface area contributed by atoms with E-state index in [-0.39, 0.29) is 16.4 Å². The maximum absolute atomic E-state index is 10.5. The molecule has 0 aliphatic carbocycles. The van der Waals surface area contributed by atoms with Crippen LogP contribution in [0.25, 0.3) is 10.1 Å². The highest BCUT2D eigenvalue weighted by atomic mass is 32.1. The molecule has 6 heteroatoms. The van der Waals surface area contributed by atoms with Crippen LogP contribution in [0.5, 0.6) is 5.06 Å². The first kappa shape index (κ1) is 8.76. The van der Waals surface area contributed by atoms with E-state index in [0.717, 1.165) is 16.7 Å². The number of hydrogen-bond donors (Lipinski definition) is 2. The average molecular weight is 210 g/mol. The third-order valence-corrected chi connectivity index (χ3v) is 2.75. The molecule has 0 atom stereocenters. The van der Waals surface area contributed by atoms with E-state index in [0.29, 0.717) is 4.70 Å². The number of aromatic hydroxyl groups is 1. The van der Waals surface area contributed by atoms with Crippen molar-refractivity contribution < 1.29 is 10.0 Å². The number of hydrogen-bond acceptors (Lipinski definition) is 5. The van der Waals surface area contributed by atoms with E-state index < -0.39 is 4.92 Å². The summed E-state index contributed by atoms with van der Waals surface area (Å²) in [7, 11) is 0. The number of fused-ring (bicyclic) bond motifs is 1. The number of nitro benzene ring substituents is 1. The minimum atomic E-state index is -0.536. The zero-order valence-electron chi connectivity index (χ0n) is 6.93. The molecule has 14 heavy (non-hydrogen) atoms. The van der Waals surface area contributed by atoms with Crippen LogP contribution >= 0.6 is 11.3 Å². The molecular weight excluding hydrogens is 204 g/mol. The first-order valence-corrected chi connectivity index (χ1v) is 4.56. The number of nitro groups is 1. The first-order valence-electron chi connectivity index (χ1n) is 3.74. The maximum Gasteiger partial charge on any atom is 0.293 e. The molecule has 1 aromatic heterocycles. The molecule has 0 saturated heterocycles. The van der Waals surface area contributed by atoms with Crippen molar-refractivity contribution in [3.05, 3.63) is 28.3 Å². The summed E-state index contributed by atoms with van der Waals surface area (Å²) in [5.74, 6) is 0. The van der Waals surface area contributed by atoms with Crippen molar-refractivity contribution in [2.24, 2.45) is 0 Å². The van der Waals surface area contributed by atoms with Crippen LogP contribution in [0.1, 0.15) is 0 Å². The van der Waals surface area contributed by atoms with Gasteiger partial charge in [-0.2, -0.15) is 0 Å². The van der Waals surface area contributed by atoms with E-state index in [1.54, 1.807) is 0 Å². The molecule has 1 aromatic carbocycles. The van der Waals surface area contributed by atoms with Crippen molar-refractivity contribution in [2.45, 2.75) is 0 Å². The molecule has 0 unspecified atom stereocenters. The van der Waals surface area contributed by atoms with Crippen molar-refractivity contribution in [3.63, 3.8) is 0 Å². The predicted octanol–water partition coefficient (Wildman–Crippen LogP) is 2.10. The first-order chi connectivity index (χ1) is 6.58. The summed E-state index contributed by atoms with van der Waals surface area (Å²) in [4.78, 5) is 10.0. The van der Waals surface area contributed by atoms with Crippen LogP contribution in [0.2, 0.25) is 0 Å². The number of nitrogens with zero attached hydrogens (tertiary/aromatic N) is 1. The van der Waals surface area contributed by atoms with Gasteiger partial charge in [0.15, 0.2) is 5.06 Å². The van der Waals surface area contributed by atoms with E-state index in [4.69, 9.17) is 5.73 Å². The average Bonchev–Trinajstić information content (AvgIpc) is 2.42. The van der Waals surface area contributed by atoms with Crippen molar-refractivity contribution in [2.75, 3.05) is 5.73 Å². The molecule has 72 valence electrons. The summed E-state index contributed by atoms with van der Waals surface area (Å²) in [5, 5.41) is 20.6. The molecule has 0 aliphatic rings. The third kappa shape index (κ3) is 1.25. The normalized spacial score (nSPS) is 10.6. The highest BCUT2D eigenvalue weighted by Crippen LogP contribution is 2.35. The summed E-state index contributed by atoms with van der Waals surface area (Å²) >= 11 is 1.09. The van der Waals surface area contributed by atoms with Gasteiger partial charge in [0.2, 0.25) is 0 Å². The van der Waals surface area contributed by atoms with Gasteiger partial charge in [0, 0.05) is 10.8 Å². The lowest BCUT2D eigenvalue weighted by atomic mass is 10.2. The monoisotopic (exact) mass is 210 g/mol. The fourth-order valence-electron chi connectivity index (χ4n) is 1.24. The van der Waals surface area contributed by atoms with Gasteiger partial charge < -0.3 is 10.8 Å². The summed E-state index contributed by atoms with van der Waals surface area (Å²) in [6.45, 7) is 0. The van der Waals surface area contributed by atoms with Crippen LogP contribution in [0, 0.1) is 10.1 Å². The number of rotatable bonds is 1. The van der Waals surface area contributed by atoms with Gasteiger partial charge in [-0.15, -0.1) is 0 Å². The zero-order valence-corrected chi connectivity index (χ0v) is 7.75. The lowest BCUT2D eigenvalue weighted by Gasteiger charge is -1.96. The standard InChI is InChI=1S/C8H6N2O3S/c9-5-1-4-2-8(11)14-7(4)3-6(5)10(12)13/h1-3,11H,9H2. The van der Waals surface area contributed by atoms with Gasteiger partial charge in [-0.25, -0.2) is 0 Å². The second kappa shape index (κ2) is 2.85. The van der Waals surface area contributed by atoms with Crippen molar-refractivity contribution in [1.82, 2.24) is 0 Å². The molecule has 0 spiro atoms. The molecule has 0 fully saturated rings. The largest absolute Gasteiger partial charge is 0.499 e. The minimum Gasteiger partial charge on any atom is -0.499 e. The van der Waals surface area contributed by atoms with E-state index >= 15 is 0 Å². The molecule has 1 heterocycles. The van der Waals surface area contributed by atoms with Gasteiger partial charge in [-0.05, 0) is 17.5 Å². The van der Waals surface area contributed by atoms with Gasteiger partial charge in [0.05, 0.1) is 4.92 Å². The Hall–Kier alpha value is -1.82. The number of nitrogen functional groups attached to an aromatic ring is 1.